The van der Waals surface area contributed by atoms with Gasteiger partial charge >= 0.3 is 0 Å². The summed E-state index contributed by atoms with van der Waals surface area (Å²) in [6.45, 7) is 2.06. The molecule has 0 fully saturated rings. The Morgan fingerprint density at radius 3 is 2.60 bits per heavy atom. The minimum Gasteiger partial charge on any atom is -0.377 e. The van der Waals surface area contributed by atoms with Crippen LogP contribution in [-0.4, -0.2) is 9.97 Å². The van der Waals surface area contributed by atoms with Gasteiger partial charge in [0.25, 0.3) is 0 Å². The molecule has 0 radical (unpaired) electrons. The Morgan fingerprint density at radius 1 is 1.10 bits per heavy atom. The van der Waals surface area contributed by atoms with Crippen molar-refractivity contribution < 1.29 is 0 Å². The maximum atomic E-state index is 5.87. The molecule has 2 aromatic rings. The normalized spacial score (nSPS) is 20.6. The number of nitrogen functional groups attached to an aromatic ring is 1. The van der Waals surface area contributed by atoms with Gasteiger partial charge in [-0.3, -0.25) is 0 Å². The summed E-state index contributed by atoms with van der Waals surface area (Å²) in [4.78, 5) is 8.70. The first-order chi connectivity index (χ1) is 9.67. The minimum absolute atomic E-state index is 0.285. The Bertz CT molecular complexity index is 676. The second-order valence-electron chi connectivity index (χ2n) is 4.93. The Balaban J connectivity index is 2.08. The van der Waals surface area contributed by atoms with E-state index in [0.29, 0.717) is 0 Å². The van der Waals surface area contributed by atoms with Crippen molar-refractivity contribution in [2.45, 2.75) is 12.5 Å². The summed E-state index contributed by atoms with van der Waals surface area (Å²) in [7, 11) is 0. The summed E-state index contributed by atoms with van der Waals surface area (Å²) >= 11 is 0. The molecule has 0 bridgehead atoms. The number of benzene rings is 1. The molecular formula is C16H16N4. The summed E-state index contributed by atoms with van der Waals surface area (Å²) < 4.78 is 0. The fourth-order valence-electron chi connectivity index (χ4n) is 2.22. The monoisotopic (exact) mass is 264 g/mol. The first-order valence-electron chi connectivity index (χ1n) is 6.50. The Hall–Kier alpha value is -2.62. The van der Waals surface area contributed by atoms with Crippen LogP contribution in [0.5, 0.6) is 0 Å². The molecule has 3 rings (SSSR count). The zero-order valence-corrected chi connectivity index (χ0v) is 11.2. The molecular weight excluding hydrogens is 248 g/mol. The second kappa shape index (κ2) is 4.81. The van der Waals surface area contributed by atoms with Crippen molar-refractivity contribution in [1.29, 1.82) is 0 Å². The maximum Gasteiger partial charge on any atom is 0.220 e. The van der Waals surface area contributed by atoms with E-state index in [1.807, 2.05) is 54.8 Å². The molecule has 20 heavy (non-hydrogen) atoms. The van der Waals surface area contributed by atoms with Crippen LogP contribution in [-0.2, 0) is 5.54 Å². The molecule has 1 aliphatic rings. The van der Waals surface area contributed by atoms with Gasteiger partial charge in [0, 0.05) is 5.56 Å². The number of aromatic nitrogens is 2. The Kier molecular flexibility index (Phi) is 2.99. The lowest BCUT2D eigenvalue weighted by Gasteiger charge is -2.28. The van der Waals surface area contributed by atoms with E-state index >= 15 is 0 Å². The van der Waals surface area contributed by atoms with Gasteiger partial charge in [0.2, 0.25) is 5.95 Å². The molecule has 1 aliphatic heterocycles. The van der Waals surface area contributed by atoms with E-state index in [4.69, 9.17) is 5.73 Å². The van der Waals surface area contributed by atoms with Crippen LogP contribution in [0, 0.1) is 0 Å². The average Bonchev–Trinajstić information content (AvgIpc) is 2.48. The zero-order chi connectivity index (χ0) is 14.0. The second-order valence-corrected chi connectivity index (χ2v) is 4.93. The van der Waals surface area contributed by atoms with Crippen LogP contribution >= 0.6 is 0 Å². The van der Waals surface area contributed by atoms with Crippen LogP contribution in [0.3, 0.4) is 0 Å². The smallest absolute Gasteiger partial charge is 0.220 e. The number of hydrogen-bond acceptors (Lipinski definition) is 4. The first kappa shape index (κ1) is 12.4. The third kappa shape index (κ3) is 2.28. The average molecular weight is 264 g/mol. The van der Waals surface area contributed by atoms with Gasteiger partial charge in [-0.05, 0) is 25.3 Å². The maximum absolute atomic E-state index is 5.87. The van der Waals surface area contributed by atoms with Crippen molar-refractivity contribution in [3.05, 3.63) is 66.5 Å². The number of rotatable bonds is 2. The van der Waals surface area contributed by atoms with Gasteiger partial charge in [-0.15, -0.1) is 0 Å². The molecule has 0 saturated carbocycles. The number of nitrogens with zero attached hydrogens (tertiary/aromatic N) is 2. The highest BCUT2D eigenvalue weighted by Crippen LogP contribution is 2.27. The van der Waals surface area contributed by atoms with Gasteiger partial charge in [0.15, 0.2) is 0 Å². The lowest BCUT2D eigenvalue weighted by atomic mass is 9.94. The number of anilines is 1. The molecule has 2 heterocycles. The molecule has 0 aliphatic carbocycles. The summed E-state index contributed by atoms with van der Waals surface area (Å²) in [5.74, 6) is 0.285. The van der Waals surface area contributed by atoms with E-state index in [0.717, 1.165) is 17.0 Å². The van der Waals surface area contributed by atoms with Gasteiger partial charge in [0.1, 0.15) is 0 Å². The zero-order valence-electron chi connectivity index (χ0n) is 11.2. The van der Waals surface area contributed by atoms with Crippen LogP contribution in [0.1, 0.15) is 12.6 Å². The van der Waals surface area contributed by atoms with Crippen LogP contribution in [0.2, 0.25) is 0 Å². The lowest BCUT2D eigenvalue weighted by Crippen LogP contribution is -2.36. The van der Waals surface area contributed by atoms with E-state index in [1.165, 1.54) is 0 Å². The SMILES string of the molecule is CC1(c2cc(-c3ccccc3)nc(N)n2)C=CC=CN1. The van der Waals surface area contributed by atoms with Crippen LogP contribution < -0.4 is 11.1 Å². The number of nitrogens with two attached hydrogens (primary N) is 1. The molecule has 1 unspecified atom stereocenters. The summed E-state index contributed by atoms with van der Waals surface area (Å²) in [6, 6.07) is 11.9. The number of dihydropyridines is 1. The highest BCUT2D eigenvalue weighted by atomic mass is 15.0. The molecule has 0 spiro atoms. The molecule has 0 amide bonds. The standard InChI is InChI=1S/C16H16N4/c1-16(9-5-6-10-18-16)14-11-13(19-15(17)20-14)12-7-3-2-4-8-12/h2-11,18H,1H3,(H2,17,19,20). The summed E-state index contributed by atoms with van der Waals surface area (Å²) in [5.41, 5.74) is 8.22. The van der Waals surface area contributed by atoms with Crippen molar-refractivity contribution in [3.63, 3.8) is 0 Å². The summed E-state index contributed by atoms with van der Waals surface area (Å²) in [6.07, 6.45) is 7.91. The first-order valence-corrected chi connectivity index (χ1v) is 6.50. The third-order valence-electron chi connectivity index (χ3n) is 3.37. The van der Waals surface area contributed by atoms with Crippen molar-refractivity contribution in [1.82, 2.24) is 15.3 Å². The molecule has 4 nitrogen and oxygen atoms in total. The fourth-order valence-corrected chi connectivity index (χ4v) is 2.22. The predicted octanol–water partition coefficient (Wildman–Crippen LogP) is 2.61. The minimum atomic E-state index is -0.366. The number of nitrogens with one attached hydrogen (secondary N) is 1. The quantitative estimate of drug-likeness (QED) is 0.875. The fraction of sp³-hybridized carbons (Fsp3) is 0.125. The largest absolute Gasteiger partial charge is 0.377 e. The van der Waals surface area contributed by atoms with Gasteiger partial charge in [-0.2, -0.15) is 0 Å². The van der Waals surface area contributed by atoms with Crippen LogP contribution in [0.25, 0.3) is 11.3 Å². The van der Waals surface area contributed by atoms with E-state index in [-0.39, 0.29) is 11.5 Å². The molecule has 1 aromatic carbocycles. The van der Waals surface area contributed by atoms with Gasteiger partial charge in [0.05, 0.1) is 16.9 Å². The van der Waals surface area contributed by atoms with Crippen molar-refractivity contribution in [2.24, 2.45) is 0 Å². The number of hydrogen-bond donors (Lipinski definition) is 2. The van der Waals surface area contributed by atoms with E-state index < -0.39 is 0 Å². The topological polar surface area (TPSA) is 63.8 Å². The highest BCUT2D eigenvalue weighted by molar-refractivity contribution is 5.61. The molecule has 1 atom stereocenters. The van der Waals surface area contributed by atoms with E-state index in [2.05, 4.69) is 28.3 Å². The van der Waals surface area contributed by atoms with E-state index in [9.17, 15) is 0 Å². The molecule has 3 N–H and O–H groups in total. The highest BCUT2D eigenvalue weighted by Gasteiger charge is 2.26. The third-order valence-corrected chi connectivity index (χ3v) is 3.37. The molecule has 4 heteroatoms. The predicted molar refractivity (Wildman–Crippen MR) is 80.6 cm³/mol. The molecule has 0 saturated heterocycles. The van der Waals surface area contributed by atoms with Crippen molar-refractivity contribution in [2.75, 3.05) is 5.73 Å². The molecule has 100 valence electrons. The molecule has 1 aromatic heterocycles. The van der Waals surface area contributed by atoms with Gasteiger partial charge < -0.3 is 11.1 Å². The van der Waals surface area contributed by atoms with E-state index in [1.54, 1.807) is 0 Å². The van der Waals surface area contributed by atoms with Crippen LogP contribution in [0.4, 0.5) is 5.95 Å². The van der Waals surface area contributed by atoms with Gasteiger partial charge in [-0.25, -0.2) is 9.97 Å². The van der Waals surface area contributed by atoms with Gasteiger partial charge in [-0.1, -0.05) is 42.5 Å². The number of allylic oxidation sites excluding steroid dienone is 2. The van der Waals surface area contributed by atoms with Crippen LogP contribution in [0.15, 0.2) is 60.8 Å². The summed E-state index contributed by atoms with van der Waals surface area (Å²) in [5, 5.41) is 3.30. The van der Waals surface area contributed by atoms with Crippen molar-refractivity contribution in [3.8, 4) is 11.3 Å². The Labute approximate surface area is 118 Å². The Morgan fingerprint density at radius 2 is 1.90 bits per heavy atom. The van der Waals surface area contributed by atoms with Crippen molar-refractivity contribution >= 4 is 5.95 Å². The lowest BCUT2D eigenvalue weighted by molar-refractivity contribution is 0.507.